The molecule has 1 aromatic heterocycles. The lowest BCUT2D eigenvalue weighted by molar-refractivity contribution is -0.383. The van der Waals surface area contributed by atoms with E-state index in [1.54, 1.807) is 0 Å². The van der Waals surface area contributed by atoms with Crippen molar-refractivity contribution in [2.45, 2.75) is 11.1 Å². The molecule has 0 amide bonds. The Morgan fingerprint density at radius 1 is 1.40 bits per heavy atom. The lowest BCUT2D eigenvalue weighted by Gasteiger charge is -2.32. The third-order valence-electron chi connectivity index (χ3n) is 3.29. The first kappa shape index (κ1) is 15.2. The molecule has 1 aliphatic rings. The summed E-state index contributed by atoms with van der Waals surface area (Å²) in [5, 5.41) is 10.7. The van der Waals surface area contributed by atoms with Gasteiger partial charge in [0.2, 0.25) is 0 Å². The van der Waals surface area contributed by atoms with Crippen molar-refractivity contribution in [1.82, 2.24) is 9.21 Å². The summed E-state index contributed by atoms with van der Waals surface area (Å²) in [6.07, 6.45) is 0. The highest BCUT2D eigenvalue weighted by Gasteiger charge is 2.32. The molecular formula is C10H16N4O4S2. The number of hydrogen-bond acceptors (Lipinski definition) is 7. The van der Waals surface area contributed by atoms with Crippen molar-refractivity contribution in [2.24, 2.45) is 0 Å². The smallest absolute Gasteiger partial charge is 0.304 e. The molecule has 0 aromatic carbocycles. The lowest BCUT2D eigenvalue weighted by atomic mass is 10.4. The van der Waals surface area contributed by atoms with E-state index in [4.69, 9.17) is 5.73 Å². The molecule has 0 atom stereocenters. The van der Waals surface area contributed by atoms with Gasteiger partial charge in [-0.05, 0) is 6.54 Å². The van der Waals surface area contributed by atoms with Crippen molar-refractivity contribution in [1.29, 1.82) is 0 Å². The first-order valence-corrected chi connectivity index (χ1v) is 8.38. The number of piperazine rings is 1. The Bertz CT molecular complexity index is 605. The van der Waals surface area contributed by atoms with E-state index < -0.39 is 14.9 Å². The van der Waals surface area contributed by atoms with Gasteiger partial charge in [0.15, 0.2) is 5.00 Å². The number of nitro groups is 1. The summed E-state index contributed by atoms with van der Waals surface area (Å²) in [5.41, 5.74) is 5.15. The number of nitrogens with zero attached hydrogens (tertiary/aromatic N) is 3. The van der Waals surface area contributed by atoms with Gasteiger partial charge in [-0.2, -0.15) is 4.31 Å². The van der Waals surface area contributed by atoms with Crippen LogP contribution in [0.5, 0.6) is 0 Å². The predicted molar refractivity (Wildman–Crippen MR) is 76.3 cm³/mol. The molecule has 8 nitrogen and oxygen atoms in total. The highest BCUT2D eigenvalue weighted by Crippen LogP contribution is 2.35. The largest absolute Gasteiger partial charge is 0.385 e. The zero-order valence-corrected chi connectivity index (χ0v) is 12.6. The first-order chi connectivity index (χ1) is 9.36. The van der Waals surface area contributed by atoms with Crippen molar-refractivity contribution >= 4 is 32.0 Å². The van der Waals surface area contributed by atoms with Gasteiger partial charge in [-0.15, -0.1) is 0 Å². The zero-order chi connectivity index (χ0) is 14.9. The van der Waals surface area contributed by atoms with Crippen molar-refractivity contribution in [2.75, 3.05) is 38.5 Å². The van der Waals surface area contributed by atoms with Crippen LogP contribution in [0.2, 0.25) is 0 Å². The van der Waals surface area contributed by atoms with Crippen LogP contribution in [0.15, 0.2) is 10.3 Å². The molecule has 1 aliphatic heterocycles. The fourth-order valence-corrected chi connectivity index (χ4v) is 4.85. The van der Waals surface area contributed by atoms with Gasteiger partial charge in [0.05, 0.1) is 4.92 Å². The molecule has 0 radical (unpaired) electrons. The van der Waals surface area contributed by atoms with Gasteiger partial charge in [-0.1, -0.05) is 18.3 Å². The van der Waals surface area contributed by atoms with Crippen LogP contribution in [0.1, 0.15) is 6.92 Å². The van der Waals surface area contributed by atoms with E-state index in [1.807, 2.05) is 6.92 Å². The van der Waals surface area contributed by atoms with E-state index >= 15 is 0 Å². The second-order valence-electron chi connectivity index (χ2n) is 4.41. The van der Waals surface area contributed by atoms with Crippen LogP contribution < -0.4 is 5.73 Å². The van der Waals surface area contributed by atoms with E-state index in [0.29, 0.717) is 26.2 Å². The molecule has 10 heteroatoms. The fourth-order valence-electron chi connectivity index (χ4n) is 2.06. The molecule has 112 valence electrons. The summed E-state index contributed by atoms with van der Waals surface area (Å²) in [7, 11) is -3.69. The Labute approximate surface area is 121 Å². The summed E-state index contributed by atoms with van der Waals surface area (Å²) < 4.78 is 26.1. The van der Waals surface area contributed by atoms with Crippen molar-refractivity contribution in [3.05, 3.63) is 16.2 Å². The number of thiophene rings is 1. The number of rotatable bonds is 4. The van der Waals surface area contributed by atoms with Gasteiger partial charge < -0.3 is 10.6 Å². The second kappa shape index (κ2) is 5.64. The summed E-state index contributed by atoms with van der Waals surface area (Å²) in [6.45, 7) is 5.01. The lowest BCUT2D eigenvalue weighted by Crippen LogP contribution is -2.48. The normalized spacial score (nSPS) is 18.2. The first-order valence-electron chi connectivity index (χ1n) is 6.12. The van der Waals surface area contributed by atoms with E-state index in [1.165, 1.54) is 4.31 Å². The number of nitrogens with two attached hydrogens (primary N) is 1. The molecule has 2 heterocycles. The Morgan fingerprint density at radius 3 is 2.45 bits per heavy atom. The number of sulfonamides is 1. The van der Waals surface area contributed by atoms with Crippen LogP contribution in [0.4, 0.5) is 10.7 Å². The van der Waals surface area contributed by atoms with E-state index in [-0.39, 0.29) is 14.9 Å². The molecule has 2 rings (SSSR count). The quantitative estimate of drug-likeness (QED) is 0.641. The number of hydrogen-bond donors (Lipinski definition) is 1. The maximum Gasteiger partial charge on any atom is 0.304 e. The molecule has 0 bridgehead atoms. The molecule has 2 N–H and O–H groups in total. The highest BCUT2D eigenvalue weighted by atomic mass is 32.2. The van der Waals surface area contributed by atoms with Crippen LogP contribution in [-0.4, -0.2) is 55.3 Å². The molecule has 1 aromatic rings. The predicted octanol–water partition coefficient (Wildman–Crippen LogP) is 0.565. The maximum absolute atomic E-state index is 12.4. The van der Waals surface area contributed by atoms with Gasteiger partial charge in [-0.3, -0.25) is 10.1 Å². The minimum atomic E-state index is -3.69. The Kier molecular flexibility index (Phi) is 4.28. The van der Waals surface area contributed by atoms with Gasteiger partial charge in [0.1, 0.15) is 4.21 Å². The molecule has 20 heavy (non-hydrogen) atoms. The number of anilines is 1. The van der Waals surface area contributed by atoms with Crippen molar-refractivity contribution in [3.63, 3.8) is 0 Å². The second-order valence-corrected chi connectivity index (χ2v) is 7.66. The highest BCUT2D eigenvalue weighted by molar-refractivity contribution is 7.91. The molecule has 1 saturated heterocycles. The summed E-state index contributed by atoms with van der Waals surface area (Å²) in [6, 6.07) is 1.04. The Morgan fingerprint density at radius 2 is 2.00 bits per heavy atom. The Hall–Kier alpha value is -1.23. The van der Waals surface area contributed by atoms with Gasteiger partial charge in [-0.25, -0.2) is 8.42 Å². The summed E-state index contributed by atoms with van der Waals surface area (Å²) >= 11 is 0.743. The maximum atomic E-state index is 12.4. The minimum Gasteiger partial charge on any atom is -0.385 e. The average Bonchev–Trinajstić information content (AvgIpc) is 2.82. The summed E-state index contributed by atoms with van der Waals surface area (Å²) in [4.78, 5) is 12.2. The molecule has 0 saturated carbocycles. The molecular weight excluding hydrogens is 304 g/mol. The van der Waals surface area contributed by atoms with Crippen LogP contribution in [0.3, 0.4) is 0 Å². The SMILES string of the molecule is CCN1CCN(S(=O)(=O)c2cc([N+](=O)[O-])c(N)s2)CC1. The van der Waals surface area contributed by atoms with E-state index in [9.17, 15) is 18.5 Å². The van der Waals surface area contributed by atoms with Crippen molar-refractivity contribution in [3.8, 4) is 0 Å². The third kappa shape index (κ3) is 2.77. The fraction of sp³-hybridized carbons (Fsp3) is 0.600. The molecule has 0 spiro atoms. The van der Waals surface area contributed by atoms with Crippen LogP contribution in [-0.2, 0) is 10.0 Å². The monoisotopic (exact) mass is 320 g/mol. The van der Waals surface area contributed by atoms with Gasteiger partial charge >= 0.3 is 5.69 Å². The molecule has 1 fully saturated rings. The third-order valence-corrected chi connectivity index (χ3v) is 6.59. The topological polar surface area (TPSA) is 110 Å². The Balaban J connectivity index is 2.23. The van der Waals surface area contributed by atoms with E-state index in [2.05, 4.69) is 4.90 Å². The zero-order valence-electron chi connectivity index (χ0n) is 11.0. The molecule has 0 unspecified atom stereocenters. The van der Waals surface area contributed by atoms with Crippen LogP contribution in [0, 0.1) is 10.1 Å². The van der Waals surface area contributed by atoms with Crippen LogP contribution >= 0.6 is 11.3 Å². The van der Waals surface area contributed by atoms with E-state index in [0.717, 1.165) is 23.9 Å². The number of nitrogen functional groups attached to an aromatic ring is 1. The van der Waals surface area contributed by atoms with Gasteiger partial charge in [0, 0.05) is 32.2 Å². The van der Waals surface area contributed by atoms with Gasteiger partial charge in [0.25, 0.3) is 10.0 Å². The minimum absolute atomic E-state index is 0.0633. The standard InChI is InChI=1S/C10H16N4O4S2/c1-2-12-3-5-13(6-4-12)20(17,18)9-7-8(14(15)16)10(11)19-9/h7H,2-6,11H2,1H3. The van der Waals surface area contributed by atoms with Crippen LogP contribution in [0.25, 0.3) is 0 Å². The number of likely N-dealkylation sites (N-methyl/N-ethyl adjacent to an activating group) is 1. The summed E-state index contributed by atoms with van der Waals surface area (Å²) in [5.74, 6) is 0. The molecule has 0 aliphatic carbocycles. The van der Waals surface area contributed by atoms with Crippen molar-refractivity contribution < 1.29 is 13.3 Å². The average molecular weight is 320 g/mol.